The number of anilines is 2. The van der Waals surface area contributed by atoms with Crippen LogP contribution < -0.4 is 10.6 Å². The van der Waals surface area contributed by atoms with E-state index in [0.29, 0.717) is 70.2 Å². The minimum Gasteiger partial charge on any atom is -0.369 e. The summed E-state index contributed by atoms with van der Waals surface area (Å²) in [6.07, 6.45) is -16.0. The zero-order chi connectivity index (χ0) is 50.0. The van der Waals surface area contributed by atoms with Gasteiger partial charge in [0.25, 0.3) is 11.2 Å². The number of nitrogens with one attached hydrogen (secondary N) is 2. The number of carbonyl (C=O) groups is 2. The zero-order valence-corrected chi connectivity index (χ0v) is 36.5. The first-order valence-corrected chi connectivity index (χ1v) is 23.4. The van der Waals surface area contributed by atoms with Gasteiger partial charge in [-0.1, -0.05) is 24.3 Å². The molecule has 2 saturated carbocycles. The maximum Gasteiger partial charge on any atom is 0.430 e. The van der Waals surface area contributed by atoms with Gasteiger partial charge in [-0.05, 0) is 105 Å². The van der Waals surface area contributed by atoms with Gasteiger partial charge in [0, 0.05) is 70.3 Å². The molecule has 0 saturated heterocycles. The number of benzene rings is 2. The molecule has 2 atom stereocenters. The highest BCUT2D eigenvalue weighted by Gasteiger charge is 2.73. The lowest BCUT2D eigenvalue weighted by molar-refractivity contribution is -0.383. The normalized spacial score (nSPS) is 16.7. The van der Waals surface area contributed by atoms with Crippen LogP contribution in [0.1, 0.15) is 48.3 Å². The highest BCUT2D eigenvalue weighted by atomic mass is 32.2. The van der Waals surface area contributed by atoms with Gasteiger partial charge in [-0.15, -0.1) is 0 Å². The maximum atomic E-state index is 13.3. The Balaban J connectivity index is 0.000000251. The van der Waals surface area contributed by atoms with Gasteiger partial charge in [0.1, 0.15) is 5.82 Å². The third-order valence-electron chi connectivity index (χ3n) is 10.5. The number of hydrogen-bond acceptors (Lipinski definition) is 9. The van der Waals surface area contributed by atoms with E-state index in [1.807, 2.05) is 0 Å². The lowest BCUT2D eigenvalue weighted by atomic mass is 9.91. The zero-order valence-electron chi connectivity index (χ0n) is 34.9. The average Bonchev–Trinajstić information content (AvgIpc) is 4.16. The van der Waals surface area contributed by atoms with Crippen LogP contribution in [0, 0.1) is 11.8 Å². The lowest BCUT2D eigenvalue weighted by Crippen LogP contribution is -2.55. The lowest BCUT2D eigenvalue weighted by Gasteiger charge is -2.36. The number of aliphatic hydroxyl groups is 1. The standard InChI is InChI=1S/C22H22F6N2O3S.C20H19F6N3O3S/c1-33-20(21(23,24)25,22(26,27)28)15-5-7-16(8-6-15)30-19(31)11-17-9-10-18(12-29-17)34(2,32)13-14-3-4-14;1-33(32,11-12-2-3-12)15-9-27-16(28-10-15)8-17(30)29-14-6-4-13(5-7-14)18(31,19(21,22)23)20(24,25)26/h5-10,12,14H,2-4,11,13H2,1H3,(H,30,31);4-7,9-10,12,31H,1-3,8,11H2,(H,29,30). The number of aromatic nitrogens is 3. The molecule has 0 bridgehead atoms. The van der Waals surface area contributed by atoms with E-state index in [0.717, 1.165) is 49.9 Å². The molecule has 0 aliphatic heterocycles. The fourth-order valence-electron chi connectivity index (χ4n) is 6.51. The van der Waals surface area contributed by atoms with Gasteiger partial charge in [0.2, 0.25) is 11.8 Å². The van der Waals surface area contributed by atoms with Crippen molar-refractivity contribution in [2.75, 3.05) is 29.2 Å². The van der Waals surface area contributed by atoms with Crippen molar-refractivity contribution in [3.8, 4) is 0 Å². The number of alkyl halides is 12. The topological polar surface area (TPSA) is 160 Å². The average molecular weight is 1000 g/mol. The van der Waals surface area contributed by atoms with Crippen molar-refractivity contribution >= 4 is 54.0 Å². The summed E-state index contributed by atoms with van der Waals surface area (Å²) in [6.45, 7) is 0. The molecule has 25 heteroatoms. The molecule has 0 spiro atoms. The first-order valence-electron chi connectivity index (χ1n) is 19.6. The molecule has 4 aromatic rings. The number of amides is 2. The summed E-state index contributed by atoms with van der Waals surface area (Å²) in [5.74, 6) is 8.00. The Morgan fingerprint density at radius 2 is 1.01 bits per heavy atom. The van der Waals surface area contributed by atoms with Gasteiger partial charge < -0.3 is 20.5 Å². The Hall–Kier alpha value is -5.27. The minimum absolute atomic E-state index is 0.00932. The van der Waals surface area contributed by atoms with Crippen molar-refractivity contribution < 1.29 is 80.5 Å². The van der Waals surface area contributed by atoms with E-state index in [9.17, 15) is 75.8 Å². The molecule has 2 unspecified atom stereocenters. The van der Waals surface area contributed by atoms with E-state index >= 15 is 0 Å². The van der Waals surface area contributed by atoms with Crippen LogP contribution in [0.15, 0.2) is 89.0 Å². The molecule has 11 nitrogen and oxygen atoms in total. The highest BCUT2D eigenvalue weighted by Crippen LogP contribution is 2.53. The predicted octanol–water partition coefficient (Wildman–Crippen LogP) is 8.17. The summed E-state index contributed by atoms with van der Waals surface area (Å²) in [4.78, 5) is 37.3. The van der Waals surface area contributed by atoms with Crippen LogP contribution in [-0.4, -0.2) is 95.4 Å². The van der Waals surface area contributed by atoms with Crippen molar-refractivity contribution in [3.05, 3.63) is 102 Å². The Bertz CT molecular complexity index is 2570. The van der Waals surface area contributed by atoms with E-state index in [4.69, 9.17) is 0 Å². The van der Waals surface area contributed by atoms with E-state index in [1.165, 1.54) is 24.7 Å². The predicted molar refractivity (Wildman–Crippen MR) is 223 cm³/mol. The number of rotatable bonds is 15. The second kappa shape index (κ2) is 19.4. The van der Waals surface area contributed by atoms with Crippen LogP contribution in [0.5, 0.6) is 0 Å². The quantitative estimate of drug-likeness (QED) is 0.0789. The van der Waals surface area contributed by atoms with E-state index < -0.39 is 77.9 Å². The molecule has 6 rings (SSSR count). The molecule has 3 N–H and O–H groups in total. The van der Waals surface area contributed by atoms with Crippen LogP contribution in [0.3, 0.4) is 0 Å². The summed E-state index contributed by atoms with van der Waals surface area (Å²) in [7, 11) is -4.67. The van der Waals surface area contributed by atoms with Crippen LogP contribution in [0.2, 0.25) is 0 Å². The van der Waals surface area contributed by atoms with Gasteiger partial charge >= 0.3 is 24.7 Å². The highest BCUT2D eigenvalue weighted by molar-refractivity contribution is 8.00. The van der Waals surface area contributed by atoms with Gasteiger partial charge in [0.05, 0.1) is 17.7 Å². The van der Waals surface area contributed by atoms with Crippen molar-refractivity contribution in [3.63, 3.8) is 0 Å². The summed E-state index contributed by atoms with van der Waals surface area (Å²) in [5, 5.41) is 14.1. The van der Waals surface area contributed by atoms with Crippen LogP contribution in [0.25, 0.3) is 0 Å². The minimum atomic E-state index is -6.00. The molecule has 2 aliphatic carbocycles. The second-order valence-electron chi connectivity index (χ2n) is 15.9. The maximum absolute atomic E-state index is 13.3. The van der Waals surface area contributed by atoms with Crippen LogP contribution in [0.4, 0.5) is 64.1 Å². The first kappa shape index (κ1) is 52.7. The molecule has 67 heavy (non-hydrogen) atoms. The Morgan fingerprint density at radius 3 is 1.39 bits per heavy atom. The summed E-state index contributed by atoms with van der Waals surface area (Å²) < 4.78 is 187. The van der Waals surface area contributed by atoms with Gasteiger partial charge in [-0.25, -0.2) is 9.97 Å². The second-order valence-corrected chi connectivity index (χ2v) is 20.7. The number of ether oxygens (including phenoxy) is 1. The molecule has 2 aromatic carbocycles. The molecule has 2 aromatic heterocycles. The summed E-state index contributed by atoms with van der Waals surface area (Å²) in [6, 6.07) is 8.59. The molecule has 2 fully saturated rings. The van der Waals surface area contributed by atoms with Gasteiger partial charge in [-0.3, -0.25) is 23.0 Å². The largest absolute Gasteiger partial charge is 0.430 e. The smallest absolute Gasteiger partial charge is 0.369 e. The fourth-order valence-corrected chi connectivity index (χ4v) is 10.1. The molecule has 2 heterocycles. The fraction of sp³-hybridized carbons (Fsp3) is 0.405. The Labute approximate surface area is 375 Å². The third kappa shape index (κ3) is 12.4. The summed E-state index contributed by atoms with van der Waals surface area (Å²) >= 11 is 0. The van der Waals surface area contributed by atoms with Gasteiger partial charge in [-0.2, -0.15) is 52.7 Å². The van der Waals surface area contributed by atoms with Crippen molar-refractivity contribution in [2.45, 2.75) is 84.2 Å². The van der Waals surface area contributed by atoms with E-state index in [-0.39, 0.29) is 30.0 Å². The van der Waals surface area contributed by atoms with Crippen LogP contribution in [-0.2, 0) is 57.4 Å². The first-order chi connectivity index (χ1) is 30.8. The Kier molecular flexibility index (Phi) is 15.2. The van der Waals surface area contributed by atoms with Gasteiger partial charge in [0.15, 0.2) is 0 Å². The molecule has 366 valence electrons. The molecule has 2 aliphatic rings. The Morgan fingerprint density at radius 1 is 0.612 bits per heavy atom. The number of hydrogen-bond donors (Lipinski definition) is 3. The number of halogens is 12. The van der Waals surface area contributed by atoms with Crippen molar-refractivity contribution in [1.29, 1.82) is 0 Å². The monoisotopic (exact) mass is 1000 g/mol. The summed E-state index contributed by atoms with van der Waals surface area (Å²) in [5.41, 5.74) is -11.9. The van der Waals surface area contributed by atoms with Crippen molar-refractivity contribution in [1.82, 2.24) is 15.0 Å². The number of pyridine rings is 1. The molecule has 2 amide bonds. The third-order valence-corrected chi connectivity index (χ3v) is 14.7. The van der Waals surface area contributed by atoms with Crippen LogP contribution >= 0.6 is 0 Å². The molecular weight excluding hydrogens is 963 g/mol. The van der Waals surface area contributed by atoms with Crippen molar-refractivity contribution in [2.24, 2.45) is 11.8 Å². The molecule has 0 radical (unpaired) electrons. The number of methoxy groups -OCH3 is 1. The number of carbonyl (C=O) groups excluding carboxylic acids is 2. The van der Waals surface area contributed by atoms with E-state index in [1.54, 1.807) is 6.07 Å². The molecular formula is C42H41F12N5O6S2. The number of nitrogens with zero attached hydrogens (tertiary/aromatic N) is 3. The SMILES string of the molecule is C=S(=O)(CC1CC1)c1ccc(CC(=O)Nc2ccc(C(OC)(C(F)(F)F)C(F)(F)F)cc2)nc1.C=S(=O)(CC1CC1)c1cnc(CC(=O)Nc2ccc(C(O)(C(F)(F)F)C(F)(F)F)cc2)nc1. The van der Waals surface area contributed by atoms with E-state index in [2.05, 4.69) is 42.1 Å².